The van der Waals surface area contributed by atoms with Gasteiger partial charge in [-0.05, 0) is 19.3 Å². The second-order valence-corrected chi connectivity index (χ2v) is 4.11. The van der Waals surface area contributed by atoms with Crippen molar-refractivity contribution < 1.29 is 0 Å². The van der Waals surface area contributed by atoms with Crippen LogP contribution in [-0.4, -0.2) is 9.55 Å². The number of hydrogen-bond donors (Lipinski definition) is 1. The van der Waals surface area contributed by atoms with Crippen molar-refractivity contribution in [2.24, 2.45) is 0 Å². The molecule has 16 heavy (non-hydrogen) atoms. The number of unbranched alkanes of at least 4 members (excludes halogenated alkanes) is 1. The zero-order valence-electron chi connectivity index (χ0n) is 10.5. The standard InChI is InChI=1S/C13H23N3/c1-4-7-9-11-13(14)16(10-6-3)12(15-11)8-5-2/h6H,3-5,7-10,14H2,1-2H3. The zero-order chi connectivity index (χ0) is 12.0. The number of imidazole rings is 1. The summed E-state index contributed by atoms with van der Waals surface area (Å²) in [7, 11) is 0. The number of nitrogen functional groups attached to an aromatic ring is 1. The highest BCUT2D eigenvalue weighted by atomic mass is 15.1. The van der Waals surface area contributed by atoms with Gasteiger partial charge in [0.15, 0.2) is 0 Å². The summed E-state index contributed by atoms with van der Waals surface area (Å²) in [5.41, 5.74) is 7.18. The Morgan fingerprint density at radius 2 is 2.06 bits per heavy atom. The fourth-order valence-electron chi connectivity index (χ4n) is 1.84. The Morgan fingerprint density at radius 1 is 1.31 bits per heavy atom. The van der Waals surface area contributed by atoms with Gasteiger partial charge in [-0.2, -0.15) is 0 Å². The Morgan fingerprint density at radius 3 is 2.62 bits per heavy atom. The third kappa shape index (κ3) is 2.87. The van der Waals surface area contributed by atoms with Crippen molar-refractivity contribution in [1.82, 2.24) is 9.55 Å². The zero-order valence-corrected chi connectivity index (χ0v) is 10.5. The van der Waals surface area contributed by atoms with Gasteiger partial charge in [-0.25, -0.2) is 4.98 Å². The van der Waals surface area contributed by atoms with Gasteiger partial charge in [-0.15, -0.1) is 6.58 Å². The monoisotopic (exact) mass is 221 g/mol. The molecule has 2 N–H and O–H groups in total. The molecule has 1 rings (SSSR count). The lowest BCUT2D eigenvalue weighted by Crippen LogP contribution is -2.06. The van der Waals surface area contributed by atoms with E-state index >= 15 is 0 Å². The van der Waals surface area contributed by atoms with E-state index in [4.69, 9.17) is 5.73 Å². The summed E-state index contributed by atoms with van der Waals surface area (Å²) in [6.07, 6.45) is 7.28. The fourth-order valence-corrected chi connectivity index (χ4v) is 1.84. The predicted octanol–water partition coefficient (Wildman–Crippen LogP) is 2.95. The maximum absolute atomic E-state index is 6.11. The molecule has 0 radical (unpaired) electrons. The Labute approximate surface area is 98.4 Å². The Balaban J connectivity index is 2.93. The molecule has 1 heterocycles. The van der Waals surface area contributed by atoms with Crippen LogP contribution in [0.1, 0.15) is 44.6 Å². The molecule has 0 atom stereocenters. The summed E-state index contributed by atoms with van der Waals surface area (Å²) in [6, 6.07) is 0. The van der Waals surface area contributed by atoms with E-state index < -0.39 is 0 Å². The normalized spacial score (nSPS) is 10.6. The molecule has 0 fully saturated rings. The number of aryl methyl sites for hydroxylation is 2. The van der Waals surface area contributed by atoms with Gasteiger partial charge in [-0.3, -0.25) is 0 Å². The minimum Gasteiger partial charge on any atom is -0.384 e. The van der Waals surface area contributed by atoms with Crippen LogP contribution in [0, 0.1) is 0 Å². The summed E-state index contributed by atoms with van der Waals surface area (Å²) in [4.78, 5) is 4.65. The first-order valence-electron chi connectivity index (χ1n) is 6.19. The first-order chi connectivity index (χ1) is 7.74. The van der Waals surface area contributed by atoms with E-state index in [1.54, 1.807) is 0 Å². The van der Waals surface area contributed by atoms with E-state index in [9.17, 15) is 0 Å². The molecule has 1 aromatic rings. The summed E-state index contributed by atoms with van der Waals surface area (Å²) in [5, 5.41) is 0. The summed E-state index contributed by atoms with van der Waals surface area (Å²) in [6.45, 7) is 8.88. The van der Waals surface area contributed by atoms with Crippen molar-refractivity contribution in [3.05, 3.63) is 24.2 Å². The molecule has 0 aliphatic heterocycles. The van der Waals surface area contributed by atoms with Crippen LogP contribution in [0.25, 0.3) is 0 Å². The van der Waals surface area contributed by atoms with E-state index in [1.165, 1.54) is 6.42 Å². The van der Waals surface area contributed by atoms with Gasteiger partial charge in [0.2, 0.25) is 0 Å². The molecule has 0 aromatic carbocycles. The van der Waals surface area contributed by atoms with Gasteiger partial charge < -0.3 is 10.3 Å². The number of rotatable bonds is 7. The van der Waals surface area contributed by atoms with E-state index in [-0.39, 0.29) is 0 Å². The number of aromatic nitrogens is 2. The van der Waals surface area contributed by atoms with E-state index in [2.05, 4.69) is 30.0 Å². The molecule has 0 saturated heterocycles. The molecule has 0 amide bonds. The molecular formula is C13H23N3. The van der Waals surface area contributed by atoms with Crippen LogP contribution in [0.4, 0.5) is 5.82 Å². The molecule has 3 heteroatoms. The van der Waals surface area contributed by atoms with Crippen molar-refractivity contribution in [2.45, 2.75) is 52.5 Å². The lowest BCUT2D eigenvalue weighted by atomic mass is 10.2. The highest BCUT2D eigenvalue weighted by Gasteiger charge is 2.12. The minimum absolute atomic E-state index is 0.764. The Hall–Kier alpha value is -1.25. The summed E-state index contributed by atoms with van der Waals surface area (Å²) in [5.74, 6) is 1.93. The highest BCUT2D eigenvalue weighted by Crippen LogP contribution is 2.18. The lowest BCUT2D eigenvalue weighted by Gasteiger charge is -2.05. The maximum Gasteiger partial charge on any atom is 0.127 e. The van der Waals surface area contributed by atoms with Gasteiger partial charge in [0.25, 0.3) is 0 Å². The average molecular weight is 221 g/mol. The lowest BCUT2D eigenvalue weighted by molar-refractivity contribution is 0.723. The molecule has 0 aliphatic carbocycles. The molecule has 0 spiro atoms. The van der Waals surface area contributed by atoms with Crippen molar-refractivity contribution in [1.29, 1.82) is 0 Å². The first kappa shape index (κ1) is 12.8. The number of hydrogen-bond acceptors (Lipinski definition) is 2. The predicted molar refractivity (Wildman–Crippen MR) is 69.4 cm³/mol. The van der Waals surface area contributed by atoms with Crippen molar-refractivity contribution in [3.63, 3.8) is 0 Å². The molecule has 1 aromatic heterocycles. The van der Waals surface area contributed by atoms with E-state index in [1.807, 2.05) is 6.08 Å². The number of allylic oxidation sites excluding steroid dienone is 1. The van der Waals surface area contributed by atoms with Crippen molar-refractivity contribution >= 4 is 5.82 Å². The smallest absolute Gasteiger partial charge is 0.127 e. The molecule has 3 nitrogen and oxygen atoms in total. The van der Waals surface area contributed by atoms with E-state index in [0.29, 0.717) is 0 Å². The van der Waals surface area contributed by atoms with Crippen molar-refractivity contribution in [3.8, 4) is 0 Å². The second kappa shape index (κ2) is 6.36. The van der Waals surface area contributed by atoms with Crippen LogP contribution < -0.4 is 5.73 Å². The van der Waals surface area contributed by atoms with Crippen LogP contribution in [0.15, 0.2) is 12.7 Å². The maximum atomic E-state index is 6.11. The molecule has 90 valence electrons. The molecule has 0 bridgehead atoms. The Kier molecular flexibility index (Phi) is 5.09. The van der Waals surface area contributed by atoms with Gasteiger partial charge in [0.1, 0.15) is 11.6 Å². The van der Waals surface area contributed by atoms with Gasteiger partial charge in [0.05, 0.1) is 5.69 Å². The largest absolute Gasteiger partial charge is 0.384 e. The first-order valence-corrected chi connectivity index (χ1v) is 6.19. The Bertz CT molecular complexity index is 339. The highest BCUT2D eigenvalue weighted by molar-refractivity contribution is 5.38. The summed E-state index contributed by atoms with van der Waals surface area (Å²) >= 11 is 0. The molecule has 0 unspecified atom stereocenters. The third-order valence-corrected chi connectivity index (χ3v) is 2.71. The SMILES string of the molecule is C=CCn1c(CCC)nc(CCCC)c1N. The number of anilines is 1. The molecule has 0 saturated carbocycles. The van der Waals surface area contributed by atoms with Crippen LogP contribution >= 0.6 is 0 Å². The topological polar surface area (TPSA) is 43.8 Å². The average Bonchev–Trinajstić information content (AvgIpc) is 2.56. The van der Waals surface area contributed by atoms with E-state index in [0.717, 1.165) is 49.6 Å². The second-order valence-electron chi connectivity index (χ2n) is 4.11. The van der Waals surface area contributed by atoms with Crippen LogP contribution in [0.3, 0.4) is 0 Å². The molecular weight excluding hydrogens is 198 g/mol. The van der Waals surface area contributed by atoms with Crippen molar-refractivity contribution in [2.75, 3.05) is 5.73 Å². The van der Waals surface area contributed by atoms with Crippen LogP contribution in [-0.2, 0) is 19.4 Å². The van der Waals surface area contributed by atoms with Gasteiger partial charge in [0, 0.05) is 13.0 Å². The number of nitrogens with zero attached hydrogens (tertiary/aromatic N) is 2. The fraction of sp³-hybridized carbons (Fsp3) is 0.615. The summed E-state index contributed by atoms with van der Waals surface area (Å²) < 4.78 is 2.08. The van der Waals surface area contributed by atoms with Crippen LogP contribution in [0.5, 0.6) is 0 Å². The van der Waals surface area contributed by atoms with Crippen LogP contribution in [0.2, 0.25) is 0 Å². The van der Waals surface area contributed by atoms with Gasteiger partial charge in [-0.1, -0.05) is 26.3 Å². The minimum atomic E-state index is 0.764. The quantitative estimate of drug-likeness (QED) is 0.719. The van der Waals surface area contributed by atoms with Gasteiger partial charge >= 0.3 is 0 Å². The number of nitrogens with two attached hydrogens (primary N) is 1. The molecule has 0 aliphatic rings. The third-order valence-electron chi connectivity index (χ3n) is 2.71.